The Morgan fingerprint density at radius 2 is 1.04 bits per heavy atom. The van der Waals surface area contributed by atoms with E-state index in [2.05, 4.69) is 47.0 Å². The Labute approximate surface area is 454 Å². The molecule has 2 aliphatic rings. The topological polar surface area (TPSA) is 158 Å². The average molecular weight is 1050 g/mol. The molecule has 1 aromatic heterocycles. The second kappa shape index (κ2) is 22.4. The number of anilines is 1. The van der Waals surface area contributed by atoms with Crippen molar-refractivity contribution < 1.29 is 38.4 Å². The second-order valence-corrected chi connectivity index (χ2v) is 19.6. The van der Waals surface area contributed by atoms with Gasteiger partial charge in [-0.25, -0.2) is 14.6 Å². The van der Waals surface area contributed by atoms with Gasteiger partial charge < -0.3 is 25.0 Å². The minimum Gasteiger partial charge on any atom is -0.446 e. The van der Waals surface area contributed by atoms with Crippen molar-refractivity contribution in [3.63, 3.8) is 0 Å². The van der Waals surface area contributed by atoms with Crippen LogP contribution in [0.1, 0.15) is 69.0 Å². The van der Waals surface area contributed by atoms with E-state index in [1.807, 2.05) is 206 Å². The predicted molar refractivity (Wildman–Crippen MR) is 295 cm³/mol. The summed E-state index contributed by atoms with van der Waals surface area (Å²) in [7, 11) is 0. The quantitative estimate of drug-likeness (QED) is 0.0367. The monoisotopic (exact) mass is 1050 g/mol. The Kier molecular flexibility index (Phi) is 14.5. The van der Waals surface area contributed by atoms with Crippen molar-refractivity contribution in [3.05, 3.63) is 298 Å². The van der Waals surface area contributed by atoms with Crippen LogP contribution in [-0.2, 0) is 49.6 Å². The number of nitrogens with zero attached hydrogens (tertiary/aromatic N) is 3. The molecule has 14 heteroatoms. The van der Waals surface area contributed by atoms with Gasteiger partial charge in [-0.05, 0) is 33.0 Å². The number of thiazole rings is 1. The van der Waals surface area contributed by atoms with Crippen LogP contribution in [0.5, 0.6) is 0 Å². The molecule has 8 aromatic carbocycles. The van der Waals surface area contributed by atoms with Gasteiger partial charge >= 0.3 is 17.8 Å². The lowest BCUT2D eigenvalue weighted by Crippen LogP contribution is -2.50. The molecule has 2 aliphatic heterocycles. The molecule has 0 bridgehead atoms. The summed E-state index contributed by atoms with van der Waals surface area (Å²) in [6.45, 7) is -0.431. The summed E-state index contributed by atoms with van der Waals surface area (Å²) in [5.74, 6) is -4.19. The number of nitrogens with one attached hydrogen (secondary N) is 2. The Bertz CT molecular complexity index is 3310. The predicted octanol–water partition coefficient (Wildman–Crippen LogP) is 10.9. The zero-order valence-corrected chi connectivity index (χ0v) is 42.8. The van der Waals surface area contributed by atoms with E-state index in [-0.39, 0.29) is 24.2 Å². The number of hydroxylamine groups is 2. The third-order valence-electron chi connectivity index (χ3n) is 14.1. The Hall–Kier alpha value is -9.50. The van der Waals surface area contributed by atoms with Crippen molar-refractivity contribution in [2.24, 2.45) is 5.16 Å². The van der Waals surface area contributed by atoms with E-state index in [0.29, 0.717) is 38.2 Å². The van der Waals surface area contributed by atoms with Gasteiger partial charge in [-0.3, -0.25) is 14.4 Å². The van der Waals surface area contributed by atoms with Gasteiger partial charge in [0, 0.05) is 34.9 Å². The number of carbonyl (C=O) groups excluding carboxylic acids is 4. The number of oxime groups is 1. The molecule has 2 atom stereocenters. The highest BCUT2D eigenvalue weighted by Gasteiger charge is 2.57. The van der Waals surface area contributed by atoms with Gasteiger partial charge in [0.2, 0.25) is 11.2 Å². The molecule has 1 unspecified atom stereocenters. The van der Waals surface area contributed by atoms with Crippen LogP contribution in [-0.4, -0.2) is 57.9 Å². The molecule has 0 aliphatic carbocycles. The van der Waals surface area contributed by atoms with Crippen molar-refractivity contribution >= 4 is 45.9 Å². The zero-order valence-electron chi connectivity index (χ0n) is 42.0. The maximum atomic E-state index is 15.2. The van der Waals surface area contributed by atoms with Gasteiger partial charge in [0.1, 0.15) is 23.9 Å². The highest BCUT2D eigenvalue weighted by atomic mass is 32.1. The first-order valence-electron chi connectivity index (χ1n) is 25.4. The summed E-state index contributed by atoms with van der Waals surface area (Å²) in [6.07, 6.45) is -0.103. The fourth-order valence-electron chi connectivity index (χ4n) is 10.4. The molecule has 2 N–H and O–H groups in total. The number of benzene rings is 8. The van der Waals surface area contributed by atoms with Gasteiger partial charge in [-0.2, -0.15) is 0 Å². The molecular formula is C64H51N5O8S. The van der Waals surface area contributed by atoms with E-state index in [4.69, 9.17) is 29.4 Å². The molecule has 13 nitrogen and oxygen atoms in total. The molecular weight excluding hydrogens is 999 g/mol. The maximum absolute atomic E-state index is 15.2. The van der Waals surface area contributed by atoms with E-state index in [9.17, 15) is 14.4 Å². The van der Waals surface area contributed by atoms with Crippen LogP contribution in [0.4, 0.5) is 5.13 Å². The van der Waals surface area contributed by atoms with Gasteiger partial charge in [0.05, 0.1) is 5.92 Å². The van der Waals surface area contributed by atoms with E-state index in [0.717, 1.165) is 16.7 Å². The fraction of sp³-hybridized carbons (Fsp3) is 0.125. The molecule has 78 heavy (non-hydrogen) atoms. The molecule has 3 heterocycles. The molecule has 2 saturated heterocycles. The number of rotatable bonds is 18. The van der Waals surface area contributed by atoms with E-state index < -0.39 is 59.1 Å². The molecule has 386 valence electrons. The van der Waals surface area contributed by atoms with Crippen molar-refractivity contribution in [3.8, 4) is 0 Å². The van der Waals surface area contributed by atoms with E-state index in [1.165, 1.54) is 11.3 Å². The van der Waals surface area contributed by atoms with Crippen LogP contribution in [0, 0.1) is 0 Å². The van der Waals surface area contributed by atoms with Crippen molar-refractivity contribution in [2.75, 3.05) is 11.9 Å². The van der Waals surface area contributed by atoms with Gasteiger partial charge in [-0.15, -0.1) is 11.3 Å². The van der Waals surface area contributed by atoms with Crippen molar-refractivity contribution in [2.45, 2.75) is 41.5 Å². The van der Waals surface area contributed by atoms with Crippen LogP contribution < -0.4 is 10.6 Å². The van der Waals surface area contributed by atoms with Crippen LogP contribution >= 0.6 is 11.3 Å². The lowest BCUT2D eigenvalue weighted by atomic mass is 9.76. The number of amides is 2. The first kappa shape index (κ1) is 50.6. The summed E-state index contributed by atoms with van der Waals surface area (Å²) in [5.41, 5.74) is 1.92. The van der Waals surface area contributed by atoms with Crippen molar-refractivity contribution in [1.82, 2.24) is 15.5 Å². The smallest absolute Gasteiger partial charge is 0.379 e. The highest BCUT2D eigenvalue weighted by Crippen LogP contribution is 2.46. The molecule has 2 amide bonds. The molecule has 0 saturated carbocycles. The third kappa shape index (κ3) is 9.81. The zero-order chi connectivity index (χ0) is 53.4. The number of esters is 1. The fourth-order valence-corrected chi connectivity index (χ4v) is 11.2. The normalized spacial score (nSPS) is 16.6. The van der Waals surface area contributed by atoms with Gasteiger partial charge in [0.25, 0.3) is 5.91 Å². The van der Waals surface area contributed by atoms with Gasteiger partial charge in [-0.1, -0.05) is 248 Å². The van der Waals surface area contributed by atoms with Crippen LogP contribution in [0.15, 0.2) is 253 Å². The lowest BCUT2D eigenvalue weighted by molar-refractivity contribution is -0.310. The Morgan fingerprint density at radius 1 is 0.615 bits per heavy atom. The van der Waals surface area contributed by atoms with Gasteiger partial charge in [0.15, 0.2) is 10.8 Å². The third-order valence-corrected chi connectivity index (χ3v) is 14.8. The maximum Gasteiger partial charge on any atom is 0.379 e. The van der Waals surface area contributed by atoms with Crippen LogP contribution in [0.3, 0.4) is 0 Å². The molecule has 0 radical (unpaired) electrons. The van der Waals surface area contributed by atoms with Crippen molar-refractivity contribution in [1.29, 1.82) is 0 Å². The standard InChI is InChI=1S/C64H51N5O8S/c70-55-41-42-62(75-55,56(45-25-9-1-10-26-45)46-27-11-2-12-28-46)60(73)76-69-59(72)53(43-74-69)65-58(71)57(68-77-64(50-35-19-6-20-36-50,51-37-21-7-22-38-51)52-39-23-8-24-40-52)54-44-78-61(66-54)67-63(47-29-13-3-14-30-47,48-31-15-4-16-32-48)49-33-17-5-18-34-49/h1-40,44,53,56H,41-43H2,(H,65,71)(H,66,67)/t53-,62?/m0/s1. The second-order valence-electron chi connectivity index (χ2n) is 18.7. The summed E-state index contributed by atoms with van der Waals surface area (Å²) in [4.78, 5) is 80.6. The minimum absolute atomic E-state index is 0.0365. The lowest BCUT2D eigenvalue weighted by Gasteiger charge is -2.36. The summed E-state index contributed by atoms with van der Waals surface area (Å²) >= 11 is 1.26. The SMILES string of the molecule is O=C1CCC(C(=O)ON2OC[C@H](NC(=O)C(=NOC(c3ccccc3)(c3ccccc3)c3ccccc3)c3csc(NC(c4ccccc4)(c4ccccc4)c4ccccc4)n3)C2=O)(C(c2ccccc2)c2ccccc2)O1. The number of aromatic nitrogens is 1. The number of hydrogen-bond acceptors (Lipinski definition) is 12. The summed E-state index contributed by atoms with van der Waals surface area (Å²) in [6, 6.07) is 75.8. The van der Waals surface area contributed by atoms with Crippen LogP contribution in [0.25, 0.3) is 0 Å². The van der Waals surface area contributed by atoms with Crippen LogP contribution in [0.2, 0.25) is 0 Å². The number of ether oxygens (including phenoxy) is 1. The Morgan fingerprint density at radius 3 is 1.46 bits per heavy atom. The first-order valence-corrected chi connectivity index (χ1v) is 26.3. The molecule has 0 spiro atoms. The number of hydrogen-bond donors (Lipinski definition) is 2. The average Bonchev–Trinajstić information content (AvgIpc) is 4.37. The summed E-state index contributed by atoms with van der Waals surface area (Å²) < 4.78 is 5.94. The first-order chi connectivity index (χ1) is 38.3. The number of carbonyl (C=O) groups is 4. The molecule has 2 fully saturated rings. The minimum atomic E-state index is -1.87. The summed E-state index contributed by atoms with van der Waals surface area (Å²) in [5, 5.41) is 13.9. The van der Waals surface area contributed by atoms with E-state index >= 15 is 4.79 Å². The molecule has 11 rings (SSSR count). The number of cyclic esters (lactones) is 1. The molecule has 9 aromatic rings. The Balaban J connectivity index is 0.961. The highest BCUT2D eigenvalue weighted by molar-refractivity contribution is 7.14. The van der Waals surface area contributed by atoms with E-state index in [1.54, 1.807) is 5.38 Å². The largest absolute Gasteiger partial charge is 0.446 e.